The largest absolute Gasteiger partial charge is 0.352 e. The lowest BCUT2D eigenvalue weighted by Gasteiger charge is -2.27. The predicted octanol–water partition coefficient (Wildman–Crippen LogP) is 4.20. The third-order valence-corrected chi connectivity index (χ3v) is 5.15. The van der Waals surface area contributed by atoms with Crippen molar-refractivity contribution in [2.24, 2.45) is 11.8 Å². The zero-order valence-electron chi connectivity index (χ0n) is 15.5. The monoisotopic (exact) mass is 368 g/mol. The fraction of sp³-hybridized carbons (Fsp3) is 0.364. The van der Waals surface area contributed by atoms with E-state index in [0.717, 1.165) is 5.56 Å². The topological polar surface area (TPSA) is 58.2 Å². The zero-order valence-corrected chi connectivity index (χ0v) is 15.5. The van der Waals surface area contributed by atoms with Crippen LogP contribution in [0, 0.1) is 24.6 Å². The summed E-state index contributed by atoms with van der Waals surface area (Å²) < 4.78 is 13.7. The number of aryl methyl sites for hydroxylation is 1. The smallest absolute Gasteiger partial charge is 0.227 e. The molecule has 2 aromatic rings. The van der Waals surface area contributed by atoms with Gasteiger partial charge < -0.3 is 10.6 Å². The number of rotatable bonds is 5. The molecule has 0 aliphatic heterocycles. The highest BCUT2D eigenvalue weighted by Crippen LogP contribution is 2.30. The predicted molar refractivity (Wildman–Crippen MR) is 104 cm³/mol. The number of halogens is 1. The number of benzene rings is 2. The van der Waals surface area contributed by atoms with E-state index in [-0.39, 0.29) is 29.3 Å². The van der Waals surface area contributed by atoms with Crippen LogP contribution in [0.5, 0.6) is 0 Å². The summed E-state index contributed by atoms with van der Waals surface area (Å²) in [7, 11) is 0. The molecule has 2 aromatic carbocycles. The highest BCUT2D eigenvalue weighted by molar-refractivity contribution is 5.92. The quantitative estimate of drug-likeness (QED) is 0.831. The van der Waals surface area contributed by atoms with E-state index in [1.165, 1.54) is 11.6 Å². The molecule has 0 spiro atoms. The molecule has 0 bridgehead atoms. The van der Waals surface area contributed by atoms with Crippen molar-refractivity contribution in [3.63, 3.8) is 0 Å². The molecule has 0 atom stereocenters. The number of nitrogens with one attached hydrogen (secondary N) is 2. The highest BCUT2D eigenvalue weighted by Gasteiger charge is 2.30. The van der Waals surface area contributed by atoms with E-state index in [2.05, 4.69) is 16.7 Å². The normalized spacial score (nSPS) is 19.3. The lowest BCUT2D eigenvalue weighted by Crippen LogP contribution is -2.35. The minimum atomic E-state index is -0.435. The molecule has 1 aliphatic rings. The van der Waals surface area contributed by atoms with Crippen molar-refractivity contribution in [1.82, 2.24) is 5.32 Å². The molecule has 2 N–H and O–H groups in total. The summed E-state index contributed by atoms with van der Waals surface area (Å²) in [5, 5.41) is 5.66. The summed E-state index contributed by atoms with van der Waals surface area (Å²) >= 11 is 0. The molecule has 2 amide bonds. The number of para-hydroxylation sites is 1. The van der Waals surface area contributed by atoms with Crippen LogP contribution in [0.3, 0.4) is 0 Å². The van der Waals surface area contributed by atoms with E-state index < -0.39 is 5.82 Å². The van der Waals surface area contributed by atoms with Crippen LogP contribution in [-0.4, -0.2) is 11.8 Å². The Morgan fingerprint density at radius 1 is 0.963 bits per heavy atom. The van der Waals surface area contributed by atoms with Gasteiger partial charge in [0.2, 0.25) is 11.8 Å². The molecule has 3 rings (SSSR count). The first kappa shape index (κ1) is 19.1. The summed E-state index contributed by atoms with van der Waals surface area (Å²) in [5.41, 5.74) is 2.46. The van der Waals surface area contributed by atoms with Gasteiger partial charge in [-0.1, -0.05) is 42.0 Å². The van der Waals surface area contributed by atoms with Crippen LogP contribution in [-0.2, 0) is 16.1 Å². The van der Waals surface area contributed by atoms with Gasteiger partial charge >= 0.3 is 0 Å². The summed E-state index contributed by atoms with van der Waals surface area (Å²) in [4.78, 5) is 24.8. The molecule has 0 radical (unpaired) electrons. The molecule has 0 heterocycles. The number of carbonyl (C=O) groups is 2. The van der Waals surface area contributed by atoms with E-state index in [4.69, 9.17) is 0 Å². The van der Waals surface area contributed by atoms with Crippen LogP contribution in [0.2, 0.25) is 0 Å². The molecular weight excluding hydrogens is 343 g/mol. The molecule has 1 aliphatic carbocycles. The van der Waals surface area contributed by atoms with Crippen molar-refractivity contribution in [2.45, 2.75) is 39.2 Å². The maximum Gasteiger partial charge on any atom is 0.227 e. The number of amides is 2. The number of anilines is 1. The van der Waals surface area contributed by atoms with Gasteiger partial charge in [0.1, 0.15) is 5.82 Å². The Kier molecular flexibility index (Phi) is 6.22. The van der Waals surface area contributed by atoms with Crippen LogP contribution in [0.15, 0.2) is 48.5 Å². The van der Waals surface area contributed by atoms with E-state index in [9.17, 15) is 14.0 Å². The van der Waals surface area contributed by atoms with Crippen LogP contribution in [0.25, 0.3) is 0 Å². The Morgan fingerprint density at radius 2 is 1.63 bits per heavy atom. The van der Waals surface area contributed by atoms with E-state index in [1.807, 2.05) is 25.1 Å². The SMILES string of the molecule is Cc1cccc(CNC(=O)C2CCC(C(=O)Nc3ccccc3F)CC2)c1. The van der Waals surface area contributed by atoms with E-state index in [0.29, 0.717) is 32.2 Å². The lowest BCUT2D eigenvalue weighted by atomic mass is 9.81. The minimum Gasteiger partial charge on any atom is -0.352 e. The van der Waals surface area contributed by atoms with Crippen molar-refractivity contribution in [2.75, 3.05) is 5.32 Å². The van der Waals surface area contributed by atoms with Crippen LogP contribution in [0.1, 0.15) is 36.8 Å². The third kappa shape index (κ3) is 5.16. The maximum atomic E-state index is 13.7. The van der Waals surface area contributed by atoms with Crippen molar-refractivity contribution < 1.29 is 14.0 Å². The molecule has 1 saturated carbocycles. The average Bonchev–Trinajstić information content (AvgIpc) is 2.68. The van der Waals surface area contributed by atoms with Gasteiger partial charge in [0, 0.05) is 18.4 Å². The molecule has 0 saturated heterocycles. The Balaban J connectivity index is 1.46. The standard InChI is InChI=1S/C22H25FN2O2/c1-15-5-4-6-16(13-15)14-24-21(26)17-9-11-18(12-10-17)22(27)25-20-8-3-2-7-19(20)23/h2-8,13,17-18H,9-12,14H2,1H3,(H,24,26)(H,25,27). The first-order valence-electron chi connectivity index (χ1n) is 9.41. The second kappa shape index (κ2) is 8.80. The summed E-state index contributed by atoms with van der Waals surface area (Å²) in [6.07, 6.45) is 2.63. The molecule has 5 heteroatoms. The van der Waals surface area contributed by atoms with Crippen LogP contribution < -0.4 is 10.6 Å². The fourth-order valence-electron chi connectivity index (χ4n) is 3.57. The second-order valence-electron chi connectivity index (χ2n) is 7.22. The Labute approximate surface area is 159 Å². The van der Waals surface area contributed by atoms with Crippen molar-refractivity contribution in [3.8, 4) is 0 Å². The number of carbonyl (C=O) groups excluding carboxylic acids is 2. The summed E-state index contributed by atoms with van der Waals surface area (Å²) in [5.74, 6) is -0.795. The number of hydrogen-bond donors (Lipinski definition) is 2. The Hall–Kier alpha value is -2.69. The zero-order chi connectivity index (χ0) is 19.2. The summed E-state index contributed by atoms with van der Waals surface area (Å²) in [6, 6.07) is 14.2. The molecule has 142 valence electrons. The Bertz CT molecular complexity index is 813. The van der Waals surface area contributed by atoms with Crippen molar-refractivity contribution in [3.05, 3.63) is 65.5 Å². The maximum absolute atomic E-state index is 13.7. The minimum absolute atomic E-state index is 0.0458. The molecule has 4 nitrogen and oxygen atoms in total. The first-order valence-corrected chi connectivity index (χ1v) is 9.41. The van der Waals surface area contributed by atoms with Crippen LogP contribution >= 0.6 is 0 Å². The first-order chi connectivity index (χ1) is 13.0. The van der Waals surface area contributed by atoms with Gasteiger partial charge in [-0.15, -0.1) is 0 Å². The lowest BCUT2D eigenvalue weighted by molar-refractivity contribution is -0.128. The van der Waals surface area contributed by atoms with Gasteiger partial charge in [0.05, 0.1) is 5.69 Å². The summed E-state index contributed by atoms with van der Waals surface area (Å²) in [6.45, 7) is 2.55. The third-order valence-electron chi connectivity index (χ3n) is 5.15. The van der Waals surface area contributed by atoms with E-state index >= 15 is 0 Å². The second-order valence-corrected chi connectivity index (χ2v) is 7.22. The van der Waals surface area contributed by atoms with Gasteiger partial charge in [-0.3, -0.25) is 9.59 Å². The molecular formula is C22H25FN2O2. The number of hydrogen-bond acceptors (Lipinski definition) is 2. The Morgan fingerprint density at radius 3 is 2.30 bits per heavy atom. The van der Waals surface area contributed by atoms with Crippen LogP contribution in [0.4, 0.5) is 10.1 Å². The highest BCUT2D eigenvalue weighted by atomic mass is 19.1. The molecule has 1 fully saturated rings. The van der Waals surface area contributed by atoms with E-state index in [1.54, 1.807) is 18.2 Å². The average molecular weight is 368 g/mol. The van der Waals surface area contributed by atoms with Gasteiger partial charge in [-0.2, -0.15) is 0 Å². The molecule has 0 aromatic heterocycles. The van der Waals surface area contributed by atoms with Crippen molar-refractivity contribution in [1.29, 1.82) is 0 Å². The molecule has 0 unspecified atom stereocenters. The molecule has 27 heavy (non-hydrogen) atoms. The fourth-order valence-corrected chi connectivity index (χ4v) is 3.57. The van der Waals surface area contributed by atoms with Gasteiger partial charge in [-0.25, -0.2) is 4.39 Å². The van der Waals surface area contributed by atoms with Gasteiger partial charge in [0.25, 0.3) is 0 Å². The van der Waals surface area contributed by atoms with Gasteiger partial charge in [-0.05, 0) is 50.3 Å². The van der Waals surface area contributed by atoms with Gasteiger partial charge in [0.15, 0.2) is 0 Å². The van der Waals surface area contributed by atoms with Crippen molar-refractivity contribution >= 4 is 17.5 Å².